The molecule has 7 heteroatoms. The van der Waals surface area contributed by atoms with Gasteiger partial charge < -0.3 is 4.74 Å². The first-order chi connectivity index (χ1) is 7.40. The van der Waals surface area contributed by atoms with Crippen LogP contribution in [-0.4, -0.2) is 25.2 Å². The van der Waals surface area contributed by atoms with Gasteiger partial charge in [-0.15, -0.1) is 0 Å². The van der Waals surface area contributed by atoms with E-state index in [0.29, 0.717) is 10.0 Å². The molecule has 16 heavy (non-hydrogen) atoms. The molecule has 0 bridgehead atoms. The summed E-state index contributed by atoms with van der Waals surface area (Å²) < 4.78 is 40.1. The van der Waals surface area contributed by atoms with Crippen LogP contribution in [0.25, 0.3) is 0 Å². The van der Waals surface area contributed by atoms with Crippen LogP contribution < -0.4 is 0 Å². The van der Waals surface area contributed by atoms with Crippen molar-refractivity contribution in [2.75, 3.05) is 13.2 Å². The van der Waals surface area contributed by atoms with Crippen LogP contribution in [0.3, 0.4) is 0 Å². The molecule has 1 heterocycles. The molecule has 0 spiro atoms. The van der Waals surface area contributed by atoms with Crippen LogP contribution >= 0.6 is 27.3 Å². The van der Waals surface area contributed by atoms with Gasteiger partial charge in [-0.3, -0.25) is 4.79 Å². The number of alkyl halides is 3. The van der Waals surface area contributed by atoms with E-state index in [9.17, 15) is 18.0 Å². The standard InChI is InChI=1S/C9H8BrF3O2S/c10-7-4-16-3-6(7)8(14)1-2-15-5-9(11,12)13/h3-4H,1-2,5H2. The minimum atomic E-state index is -4.34. The minimum Gasteiger partial charge on any atom is -0.372 e. The molecule has 0 aromatic carbocycles. The number of ether oxygens (including phenoxy) is 1. The van der Waals surface area contributed by atoms with E-state index in [4.69, 9.17) is 0 Å². The number of Topliss-reactive ketones (excluding diaryl/α,β-unsaturated/α-hetero) is 1. The quantitative estimate of drug-likeness (QED) is 0.612. The van der Waals surface area contributed by atoms with E-state index < -0.39 is 12.8 Å². The number of hydrogen-bond acceptors (Lipinski definition) is 3. The number of hydrogen-bond donors (Lipinski definition) is 0. The Hall–Kier alpha value is -0.400. The van der Waals surface area contributed by atoms with E-state index in [1.165, 1.54) is 11.3 Å². The van der Waals surface area contributed by atoms with E-state index in [-0.39, 0.29) is 18.8 Å². The Bertz CT molecular complexity index is 362. The Labute approximate surface area is 103 Å². The lowest BCUT2D eigenvalue weighted by Gasteiger charge is -2.06. The van der Waals surface area contributed by atoms with Crippen LogP contribution in [0.2, 0.25) is 0 Å². The third-order valence-electron chi connectivity index (χ3n) is 1.65. The zero-order valence-electron chi connectivity index (χ0n) is 8.01. The van der Waals surface area contributed by atoms with Crippen molar-refractivity contribution in [3.63, 3.8) is 0 Å². The lowest BCUT2D eigenvalue weighted by molar-refractivity contribution is -0.173. The average Bonchev–Trinajstić information content (AvgIpc) is 2.57. The maximum atomic E-state index is 11.7. The molecule has 0 aliphatic carbocycles. The van der Waals surface area contributed by atoms with Gasteiger partial charge >= 0.3 is 6.18 Å². The number of carbonyl (C=O) groups excluding carboxylic acids is 1. The van der Waals surface area contributed by atoms with Crippen molar-refractivity contribution in [2.24, 2.45) is 0 Å². The molecule has 1 aromatic heterocycles. The smallest absolute Gasteiger partial charge is 0.372 e. The van der Waals surface area contributed by atoms with Crippen molar-refractivity contribution in [3.8, 4) is 0 Å². The molecule has 1 aromatic rings. The van der Waals surface area contributed by atoms with Crippen molar-refractivity contribution in [3.05, 3.63) is 20.8 Å². The maximum Gasteiger partial charge on any atom is 0.411 e. The molecule has 90 valence electrons. The van der Waals surface area contributed by atoms with Gasteiger partial charge in [-0.25, -0.2) is 0 Å². The summed E-state index contributed by atoms with van der Waals surface area (Å²) in [5.74, 6) is -0.227. The molecular formula is C9H8BrF3O2S. The van der Waals surface area contributed by atoms with Crippen LogP contribution in [0.5, 0.6) is 0 Å². The topological polar surface area (TPSA) is 26.3 Å². The fraction of sp³-hybridized carbons (Fsp3) is 0.444. The predicted molar refractivity (Wildman–Crippen MR) is 57.8 cm³/mol. The summed E-state index contributed by atoms with van der Waals surface area (Å²) >= 11 is 4.53. The molecular weight excluding hydrogens is 309 g/mol. The van der Waals surface area contributed by atoms with Gasteiger partial charge in [-0.2, -0.15) is 24.5 Å². The molecule has 0 aliphatic heterocycles. The van der Waals surface area contributed by atoms with Crippen molar-refractivity contribution >= 4 is 33.0 Å². The molecule has 1 rings (SSSR count). The zero-order chi connectivity index (χ0) is 12.2. The maximum absolute atomic E-state index is 11.7. The molecule has 0 radical (unpaired) electrons. The highest BCUT2D eigenvalue weighted by Crippen LogP contribution is 2.22. The minimum absolute atomic E-state index is 0.0502. The van der Waals surface area contributed by atoms with E-state index >= 15 is 0 Å². The first-order valence-corrected chi connectivity index (χ1v) is 6.03. The molecule has 0 N–H and O–H groups in total. The van der Waals surface area contributed by atoms with Crippen molar-refractivity contribution in [1.82, 2.24) is 0 Å². The number of thiophene rings is 1. The number of rotatable bonds is 5. The summed E-state index contributed by atoms with van der Waals surface area (Å²) in [6.45, 7) is -1.54. The number of halogens is 4. The van der Waals surface area contributed by atoms with Crippen molar-refractivity contribution < 1.29 is 22.7 Å². The molecule has 0 amide bonds. The van der Waals surface area contributed by atoms with Gasteiger partial charge in [0.05, 0.1) is 6.61 Å². The summed E-state index contributed by atoms with van der Waals surface area (Å²) in [4.78, 5) is 11.5. The Morgan fingerprint density at radius 1 is 1.44 bits per heavy atom. The normalized spacial score (nSPS) is 11.8. The zero-order valence-corrected chi connectivity index (χ0v) is 10.4. The Balaban J connectivity index is 2.29. The van der Waals surface area contributed by atoms with Crippen LogP contribution in [0.1, 0.15) is 16.8 Å². The lowest BCUT2D eigenvalue weighted by Crippen LogP contribution is -2.18. The van der Waals surface area contributed by atoms with Crippen LogP contribution in [0.4, 0.5) is 13.2 Å². The summed E-state index contributed by atoms with van der Waals surface area (Å²) in [5, 5.41) is 3.39. The molecule has 0 atom stereocenters. The second-order valence-electron chi connectivity index (χ2n) is 2.97. The highest BCUT2D eigenvalue weighted by molar-refractivity contribution is 9.10. The predicted octanol–water partition coefficient (Wildman–Crippen LogP) is 3.66. The highest BCUT2D eigenvalue weighted by Gasteiger charge is 2.27. The van der Waals surface area contributed by atoms with Gasteiger partial charge in [-0.05, 0) is 15.9 Å². The molecule has 0 fully saturated rings. The van der Waals surface area contributed by atoms with Gasteiger partial charge in [0.15, 0.2) is 5.78 Å². The molecule has 0 saturated carbocycles. The average molecular weight is 317 g/mol. The molecule has 2 nitrogen and oxygen atoms in total. The Morgan fingerprint density at radius 2 is 2.12 bits per heavy atom. The fourth-order valence-electron chi connectivity index (χ4n) is 0.968. The fourth-order valence-corrected chi connectivity index (χ4v) is 2.49. The van der Waals surface area contributed by atoms with Gasteiger partial charge in [-0.1, -0.05) is 0 Å². The van der Waals surface area contributed by atoms with Gasteiger partial charge in [0.1, 0.15) is 6.61 Å². The summed E-state index contributed by atoms with van der Waals surface area (Å²) in [6, 6.07) is 0. The Morgan fingerprint density at radius 3 is 2.62 bits per heavy atom. The monoisotopic (exact) mass is 316 g/mol. The molecule has 0 unspecified atom stereocenters. The van der Waals surface area contributed by atoms with Gasteiger partial charge in [0.2, 0.25) is 0 Å². The molecule has 0 saturated heterocycles. The third kappa shape index (κ3) is 4.63. The first kappa shape index (κ1) is 13.7. The van der Waals surface area contributed by atoms with Crippen LogP contribution in [-0.2, 0) is 4.74 Å². The first-order valence-electron chi connectivity index (χ1n) is 4.29. The highest BCUT2D eigenvalue weighted by atomic mass is 79.9. The van der Waals surface area contributed by atoms with Crippen molar-refractivity contribution in [2.45, 2.75) is 12.6 Å². The van der Waals surface area contributed by atoms with E-state index in [0.717, 1.165) is 0 Å². The third-order valence-corrected chi connectivity index (χ3v) is 3.36. The van der Waals surface area contributed by atoms with E-state index in [1.807, 2.05) is 0 Å². The van der Waals surface area contributed by atoms with E-state index in [2.05, 4.69) is 20.7 Å². The van der Waals surface area contributed by atoms with E-state index in [1.54, 1.807) is 10.8 Å². The lowest BCUT2D eigenvalue weighted by atomic mass is 10.2. The number of ketones is 1. The second-order valence-corrected chi connectivity index (χ2v) is 4.57. The molecule has 0 aliphatic rings. The number of carbonyl (C=O) groups is 1. The van der Waals surface area contributed by atoms with Gasteiger partial charge in [0.25, 0.3) is 0 Å². The summed E-state index contributed by atoms with van der Waals surface area (Å²) in [6.07, 6.45) is -4.39. The second kappa shape index (κ2) is 5.79. The van der Waals surface area contributed by atoms with Crippen LogP contribution in [0, 0.1) is 0 Å². The van der Waals surface area contributed by atoms with Gasteiger partial charge in [0, 0.05) is 27.2 Å². The summed E-state index contributed by atoms with van der Waals surface area (Å²) in [7, 11) is 0. The largest absolute Gasteiger partial charge is 0.411 e. The summed E-state index contributed by atoms with van der Waals surface area (Å²) in [5.41, 5.74) is 0.487. The Kier molecular flexibility index (Phi) is 4.94. The van der Waals surface area contributed by atoms with Crippen molar-refractivity contribution in [1.29, 1.82) is 0 Å². The van der Waals surface area contributed by atoms with Crippen LogP contribution in [0.15, 0.2) is 15.2 Å². The SMILES string of the molecule is O=C(CCOCC(F)(F)F)c1cscc1Br.